The molecule has 3 heterocycles. The number of hydrogen-bond donors (Lipinski definition) is 3. The van der Waals surface area contributed by atoms with E-state index in [2.05, 4.69) is 31.0 Å². The fourth-order valence-corrected chi connectivity index (χ4v) is 3.58. The van der Waals surface area contributed by atoms with E-state index in [1.807, 2.05) is 38.1 Å². The number of rotatable bonds is 5. The van der Waals surface area contributed by atoms with Crippen LogP contribution in [0.5, 0.6) is 0 Å². The molecular formula is C22H21N9O2. The highest BCUT2D eigenvalue weighted by Crippen LogP contribution is 2.23. The number of nitrogens with zero attached hydrogens (tertiary/aromatic N) is 6. The highest BCUT2D eigenvalue weighted by molar-refractivity contribution is 6.48. The Hall–Kier alpha value is -4.72. The Kier molecular flexibility index (Phi) is 5.49. The van der Waals surface area contributed by atoms with Gasteiger partial charge in [0.1, 0.15) is 11.8 Å². The standard InChI is InChI=1S/C22H21N9O2/c1-12-10-13(2)24-19-17(12)20(29-27-19)28-26-16(11-23)21(32)25-18-14(3)30(4)31(22(18)33)15-8-6-5-7-9-15/h5-10H,1-4H3,(H,25,32)(H2,24,27,28,29)/b26-16+. The van der Waals surface area contributed by atoms with Gasteiger partial charge < -0.3 is 5.32 Å². The number of benzene rings is 1. The summed E-state index contributed by atoms with van der Waals surface area (Å²) >= 11 is 0. The summed E-state index contributed by atoms with van der Waals surface area (Å²) in [5.41, 5.74) is 5.27. The number of nitriles is 1. The van der Waals surface area contributed by atoms with Gasteiger partial charge >= 0.3 is 0 Å². The largest absolute Gasteiger partial charge is 0.314 e. The molecule has 0 saturated heterocycles. The highest BCUT2D eigenvalue weighted by Gasteiger charge is 2.21. The van der Waals surface area contributed by atoms with Crippen LogP contribution in [-0.4, -0.2) is 36.2 Å². The SMILES string of the molecule is Cc1cc(C)c2c(N/N=C(\C#N)C(=O)Nc3c(C)n(C)n(-c4ccccc4)c3=O)[nH]nc2n1. The molecule has 0 bridgehead atoms. The average molecular weight is 443 g/mol. The summed E-state index contributed by atoms with van der Waals surface area (Å²) in [6.45, 7) is 5.46. The molecule has 33 heavy (non-hydrogen) atoms. The summed E-state index contributed by atoms with van der Waals surface area (Å²) < 4.78 is 3.06. The van der Waals surface area contributed by atoms with Crippen molar-refractivity contribution in [1.29, 1.82) is 5.26 Å². The molecule has 0 saturated carbocycles. The van der Waals surface area contributed by atoms with Crippen molar-refractivity contribution in [3.8, 4) is 11.8 Å². The minimum atomic E-state index is -0.814. The van der Waals surface area contributed by atoms with Crippen molar-refractivity contribution < 1.29 is 4.79 Å². The maximum absolute atomic E-state index is 13.0. The number of aromatic amines is 1. The average Bonchev–Trinajstić information content (AvgIpc) is 3.29. The van der Waals surface area contributed by atoms with Crippen LogP contribution < -0.4 is 16.3 Å². The van der Waals surface area contributed by atoms with Crippen molar-refractivity contribution in [2.24, 2.45) is 12.1 Å². The number of H-pyrrole nitrogens is 1. The lowest BCUT2D eigenvalue weighted by atomic mass is 10.2. The van der Waals surface area contributed by atoms with Crippen molar-refractivity contribution in [1.82, 2.24) is 24.5 Å². The van der Waals surface area contributed by atoms with Gasteiger partial charge in [-0.25, -0.2) is 9.67 Å². The lowest BCUT2D eigenvalue weighted by molar-refractivity contribution is -0.110. The Labute approximate surface area is 188 Å². The van der Waals surface area contributed by atoms with Gasteiger partial charge in [0.15, 0.2) is 11.5 Å². The van der Waals surface area contributed by atoms with Crippen LogP contribution in [0.3, 0.4) is 0 Å². The fraction of sp³-hybridized carbons (Fsp3) is 0.182. The van der Waals surface area contributed by atoms with E-state index in [-0.39, 0.29) is 5.69 Å². The number of fused-ring (bicyclic) bond motifs is 1. The fourth-order valence-electron chi connectivity index (χ4n) is 3.58. The van der Waals surface area contributed by atoms with Gasteiger partial charge in [-0.2, -0.15) is 15.5 Å². The van der Waals surface area contributed by atoms with Gasteiger partial charge in [0.25, 0.3) is 11.5 Å². The molecule has 11 nitrogen and oxygen atoms in total. The van der Waals surface area contributed by atoms with E-state index in [1.165, 1.54) is 4.68 Å². The molecule has 0 atom stereocenters. The van der Waals surface area contributed by atoms with Crippen molar-refractivity contribution in [3.05, 3.63) is 63.7 Å². The Morgan fingerprint density at radius 2 is 1.94 bits per heavy atom. The zero-order valence-electron chi connectivity index (χ0n) is 18.5. The minimum absolute atomic E-state index is 0.0665. The summed E-state index contributed by atoms with van der Waals surface area (Å²) in [7, 11) is 1.71. The van der Waals surface area contributed by atoms with E-state index in [0.717, 1.165) is 11.3 Å². The quantitative estimate of drug-likeness (QED) is 0.319. The van der Waals surface area contributed by atoms with Crippen molar-refractivity contribution in [3.63, 3.8) is 0 Å². The zero-order valence-corrected chi connectivity index (χ0v) is 18.5. The molecule has 4 aromatic rings. The third-order valence-electron chi connectivity index (χ3n) is 5.24. The number of hydrogen-bond acceptors (Lipinski definition) is 7. The number of amides is 1. The summed E-state index contributed by atoms with van der Waals surface area (Å²) in [6.07, 6.45) is 0. The number of pyridine rings is 1. The maximum atomic E-state index is 13.0. The molecule has 0 aliphatic carbocycles. The van der Waals surface area contributed by atoms with Crippen molar-refractivity contribution in [2.75, 3.05) is 10.7 Å². The number of anilines is 2. The van der Waals surface area contributed by atoms with Gasteiger partial charge in [-0.05, 0) is 44.5 Å². The van der Waals surface area contributed by atoms with Gasteiger partial charge in [-0.1, -0.05) is 18.2 Å². The van der Waals surface area contributed by atoms with E-state index in [1.54, 1.807) is 36.9 Å². The molecule has 1 aromatic carbocycles. The van der Waals surface area contributed by atoms with E-state index in [9.17, 15) is 14.9 Å². The smallest absolute Gasteiger partial charge is 0.295 e. The number of aryl methyl sites for hydroxylation is 2. The van der Waals surface area contributed by atoms with Crippen LogP contribution in [0.25, 0.3) is 16.7 Å². The van der Waals surface area contributed by atoms with Crippen LogP contribution in [-0.2, 0) is 11.8 Å². The van der Waals surface area contributed by atoms with Gasteiger partial charge in [-0.3, -0.25) is 24.8 Å². The molecule has 3 N–H and O–H groups in total. The second-order valence-corrected chi connectivity index (χ2v) is 7.45. The molecular weight excluding hydrogens is 422 g/mol. The molecule has 0 aliphatic heterocycles. The van der Waals surface area contributed by atoms with E-state index >= 15 is 0 Å². The summed E-state index contributed by atoms with van der Waals surface area (Å²) in [5.74, 6) is -0.414. The predicted molar refractivity (Wildman–Crippen MR) is 124 cm³/mol. The van der Waals surface area contributed by atoms with Crippen LogP contribution in [0.4, 0.5) is 11.5 Å². The van der Waals surface area contributed by atoms with Crippen LogP contribution in [0.1, 0.15) is 17.0 Å². The summed E-state index contributed by atoms with van der Waals surface area (Å²) in [5, 5.41) is 23.5. The molecule has 0 radical (unpaired) electrons. The van der Waals surface area contributed by atoms with Crippen molar-refractivity contribution >= 4 is 34.2 Å². The van der Waals surface area contributed by atoms with Gasteiger partial charge in [0, 0.05) is 12.7 Å². The van der Waals surface area contributed by atoms with Crippen LogP contribution in [0.15, 0.2) is 46.3 Å². The number of aromatic nitrogens is 5. The minimum Gasteiger partial charge on any atom is -0.314 e. The first-order chi connectivity index (χ1) is 15.8. The topological polar surface area (TPSA) is 146 Å². The second kappa shape index (κ2) is 8.43. The molecule has 1 amide bonds. The van der Waals surface area contributed by atoms with Crippen LogP contribution in [0.2, 0.25) is 0 Å². The summed E-state index contributed by atoms with van der Waals surface area (Å²) in [4.78, 5) is 30.1. The molecule has 0 fully saturated rings. The van der Waals surface area contributed by atoms with Crippen LogP contribution in [0, 0.1) is 32.1 Å². The molecule has 0 aliphatic rings. The Balaban J connectivity index is 1.62. The first-order valence-electron chi connectivity index (χ1n) is 10.0. The Bertz CT molecular complexity index is 1500. The van der Waals surface area contributed by atoms with Gasteiger partial charge in [-0.15, -0.1) is 0 Å². The van der Waals surface area contributed by atoms with Gasteiger partial charge in [0.2, 0.25) is 5.71 Å². The number of carbonyl (C=O) groups excluding carboxylic acids is 1. The van der Waals surface area contributed by atoms with E-state index in [4.69, 9.17) is 0 Å². The maximum Gasteiger partial charge on any atom is 0.295 e. The summed E-state index contributed by atoms with van der Waals surface area (Å²) in [6, 6.07) is 12.7. The first-order valence-corrected chi connectivity index (χ1v) is 10.0. The zero-order chi connectivity index (χ0) is 23.7. The Morgan fingerprint density at radius 1 is 1.21 bits per heavy atom. The highest BCUT2D eigenvalue weighted by atomic mass is 16.2. The van der Waals surface area contributed by atoms with Crippen LogP contribution >= 0.6 is 0 Å². The third-order valence-corrected chi connectivity index (χ3v) is 5.24. The lowest BCUT2D eigenvalue weighted by Crippen LogP contribution is -2.27. The predicted octanol–water partition coefficient (Wildman–Crippen LogP) is 2.30. The Morgan fingerprint density at radius 3 is 2.64 bits per heavy atom. The van der Waals surface area contributed by atoms with E-state index in [0.29, 0.717) is 28.2 Å². The molecule has 11 heteroatoms. The normalized spacial score (nSPS) is 11.4. The number of hydrazone groups is 1. The van der Waals surface area contributed by atoms with E-state index < -0.39 is 17.2 Å². The molecule has 0 unspecified atom stereocenters. The number of nitrogens with one attached hydrogen (secondary N) is 3. The first kappa shape index (κ1) is 21.5. The number of para-hydroxylation sites is 1. The molecule has 166 valence electrons. The molecule has 4 rings (SSSR count). The number of carbonyl (C=O) groups is 1. The molecule has 0 spiro atoms. The second-order valence-electron chi connectivity index (χ2n) is 7.45. The third kappa shape index (κ3) is 3.85. The lowest BCUT2D eigenvalue weighted by Gasteiger charge is -2.07. The van der Waals surface area contributed by atoms with Gasteiger partial charge in [0.05, 0.1) is 16.8 Å². The monoisotopic (exact) mass is 443 g/mol. The molecule has 3 aromatic heterocycles. The van der Waals surface area contributed by atoms with Crippen molar-refractivity contribution in [2.45, 2.75) is 20.8 Å².